The molecule has 6 nitrogen and oxygen atoms in total. The van der Waals surface area contributed by atoms with E-state index in [-0.39, 0.29) is 11.6 Å². The van der Waals surface area contributed by atoms with Crippen molar-refractivity contribution in [1.82, 2.24) is 4.90 Å². The molecular formula is C18H16F2N2O4S. The van der Waals surface area contributed by atoms with Gasteiger partial charge in [-0.15, -0.1) is 11.3 Å². The fourth-order valence-corrected chi connectivity index (χ4v) is 3.49. The number of carbonyl (C=O) groups is 3. The highest BCUT2D eigenvalue weighted by Gasteiger charge is 2.36. The van der Waals surface area contributed by atoms with Crippen LogP contribution in [0.2, 0.25) is 0 Å². The molecule has 0 unspecified atom stereocenters. The summed E-state index contributed by atoms with van der Waals surface area (Å²) in [7, 11) is 0. The predicted octanol–water partition coefficient (Wildman–Crippen LogP) is 2.81. The first kappa shape index (κ1) is 19.0. The number of carbonyl (C=O) groups excluding carboxylic acids is 3. The van der Waals surface area contributed by atoms with Gasteiger partial charge in [-0.05, 0) is 36.4 Å². The van der Waals surface area contributed by atoms with E-state index in [2.05, 4.69) is 5.32 Å². The van der Waals surface area contributed by atoms with Crippen molar-refractivity contribution in [2.24, 2.45) is 0 Å². The zero-order valence-corrected chi connectivity index (χ0v) is 14.9. The van der Waals surface area contributed by atoms with E-state index in [1.54, 1.807) is 17.5 Å². The summed E-state index contributed by atoms with van der Waals surface area (Å²) in [5, 5.41) is 3.98. The van der Waals surface area contributed by atoms with Gasteiger partial charge in [0.05, 0.1) is 10.6 Å². The Morgan fingerprint density at radius 2 is 2.07 bits per heavy atom. The minimum atomic E-state index is -0.932. The van der Waals surface area contributed by atoms with Gasteiger partial charge in [0, 0.05) is 12.6 Å². The van der Waals surface area contributed by atoms with Crippen LogP contribution < -0.4 is 5.32 Å². The summed E-state index contributed by atoms with van der Waals surface area (Å²) in [5.74, 6) is -3.40. The number of ether oxygens (including phenoxy) is 1. The molecule has 1 aliphatic heterocycles. The Morgan fingerprint density at radius 3 is 2.78 bits per heavy atom. The summed E-state index contributed by atoms with van der Waals surface area (Å²) < 4.78 is 31.4. The van der Waals surface area contributed by atoms with Crippen LogP contribution in [0.25, 0.3) is 0 Å². The average molecular weight is 394 g/mol. The summed E-state index contributed by atoms with van der Waals surface area (Å²) in [6.45, 7) is -0.198. The van der Waals surface area contributed by atoms with Crippen molar-refractivity contribution in [2.75, 3.05) is 18.5 Å². The van der Waals surface area contributed by atoms with E-state index in [0.717, 1.165) is 12.1 Å². The topological polar surface area (TPSA) is 75.7 Å². The zero-order chi connectivity index (χ0) is 19.4. The molecule has 3 rings (SSSR count). The number of amides is 2. The number of anilines is 1. The Balaban J connectivity index is 1.55. The van der Waals surface area contributed by atoms with Crippen molar-refractivity contribution < 1.29 is 27.9 Å². The highest BCUT2D eigenvalue weighted by molar-refractivity contribution is 7.12. The molecule has 1 atom stereocenters. The molecule has 1 fully saturated rings. The van der Waals surface area contributed by atoms with Gasteiger partial charge in [-0.1, -0.05) is 6.07 Å². The van der Waals surface area contributed by atoms with E-state index in [9.17, 15) is 23.2 Å². The molecule has 0 radical (unpaired) electrons. The lowest BCUT2D eigenvalue weighted by Gasteiger charge is -2.22. The quantitative estimate of drug-likeness (QED) is 0.792. The van der Waals surface area contributed by atoms with Crippen LogP contribution in [0.4, 0.5) is 14.5 Å². The van der Waals surface area contributed by atoms with E-state index in [4.69, 9.17) is 4.74 Å². The second-order valence-corrected chi connectivity index (χ2v) is 6.86. The van der Waals surface area contributed by atoms with Crippen molar-refractivity contribution in [3.63, 3.8) is 0 Å². The van der Waals surface area contributed by atoms with E-state index < -0.39 is 36.2 Å². The Labute approximate surface area is 157 Å². The SMILES string of the molecule is O=C(COC(=O)[C@@H]1CCCN1C(=O)c1cccs1)Nc1ccc(F)cc1F. The van der Waals surface area contributed by atoms with E-state index in [1.807, 2.05) is 0 Å². The van der Waals surface area contributed by atoms with Crippen LogP contribution in [-0.4, -0.2) is 41.9 Å². The number of thiophene rings is 1. The van der Waals surface area contributed by atoms with E-state index >= 15 is 0 Å². The minimum absolute atomic E-state index is 0.215. The molecule has 1 aromatic heterocycles. The van der Waals surface area contributed by atoms with Crippen molar-refractivity contribution in [1.29, 1.82) is 0 Å². The smallest absolute Gasteiger partial charge is 0.329 e. The maximum atomic E-state index is 13.5. The molecule has 0 saturated carbocycles. The van der Waals surface area contributed by atoms with Gasteiger partial charge in [0.15, 0.2) is 6.61 Å². The first-order valence-electron chi connectivity index (χ1n) is 8.21. The van der Waals surface area contributed by atoms with Gasteiger partial charge in [-0.2, -0.15) is 0 Å². The van der Waals surface area contributed by atoms with Gasteiger partial charge in [-0.25, -0.2) is 13.6 Å². The number of hydrogen-bond donors (Lipinski definition) is 1. The molecule has 0 aliphatic carbocycles. The normalized spacial score (nSPS) is 16.2. The largest absolute Gasteiger partial charge is 0.454 e. The molecule has 0 spiro atoms. The van der Waals surface area contributed by atoms with Crippen LogP contribution in [-0.2, 0) is 14.3 Å². The number of esters is 1. The van der Waals surface area contributed by atoms with Gasteiger partial charge in [0.2, 0.25) is 0 Å². The fourth-order valence-electron chi connectivity index (χ4n) is 2.81. The molecule has 9 heteroatoms. The Morgan fingerprint density at radius 1 is 1.26 bits per heavy atom. The summed E-state index contributed by atoms with van der Waals surface area (Å²) in [6, 6.07) is 5.38. The van der Waals surface area contributed by atoms with Gasteiger partial charge >= 0.3 is 5.97 Å². The van der Waals surface area contributed by atoms with Crippen LogP contribution in [0.3, 0.4) is 0 Å². The number of hydrogen-bond acceptors (Lipinski definition) is 5. The second kappa shape index (κ2) is 8.26. The van der Waals surface area contributed by atoms with Crippen molar-refractivity contribution in [3.8, 4) is 0 Å². The third kappa shape index (κ3) is 4.48. The second-order valence-electron chi connectivity index (χ2n) is 5.91. The van der Waals surface area contributed by atoms with Crippen LogP contribution in [0.1, 0.15) is 22.5 Å². The molecule has 1 N–H and O–H groups in total. The lowest BCUT2D eigenvalue weighted by Crippen LogP contribution is -2.41. The van der Waals surface area contributed by atoms with Crippen molar-refractivity contribution in [2.45, 2.75) is 18.9 Å². The monoisotopic (exact) mass is 394 g/mol. The zero-order valence-electron chi connectivity index (χ0n) is 14.1. The van der Waals surface area contributed by atoms with E-state index in [1.165, 1.54) is 16.2 Å². The molecule has 0 bridgehead atoms. The molecule has 2 amide bonds. The van der Waals surface area contributed by atoms with Crippen LogP contribution in [0.15, 0.2) is 35.7 Å². The van der Waals surface area contributed by atoms with Gasteiger partial charge in [0.1, 0.15) is 17.7 Å². The predicted molar refractivity (Wildman–Crippen MR) is 94.3 cm³/mol. The molecule has 27 heavy (non-hydrogen) atoms. The molecule has 1 aliphatic rings. The fraction of sp³-hybridized carbons (Fsp3) is 0.278. The summed E-state index contributed by atoms with van der Waals surface area (Å²) in [5.41, 5.74) is -0.215. The van der Waals surface area contributed by atoms with Crippen LogP contribution >= 0.6 is 11.3 Å². The van der Waals surface area contributed by atoms with Gasteiger partial charge in [0.25, 0.3) is 11.8 Å². The van der Waals surface area contributed by atoms with Crippen molar-refractivity contribution in [3.05, 3.63) is 52.2 Å². The third-order valence-corrected chi connectivity index (χ3v) is 4.93. The van der Waals surface area contributed by atoms with Gasteiger partial charge in [-0.3, -0.25) is 9.59 Å². The Kier molecular flexibility index (Phi) is 5.80. The molecule has 1 aromatic carbocycles. The van der Waals surface area contributed by atoms with Crippen molar-refractivity contribution >= 4 is 34.8 Å². The van der Waals surface area contributed by atoms with Crippen LogP contribution in [0, 0.1) is 11.6 Å². The molecule has 1 saturated heterocycles. The number of benzene rings is 1. The standard InChI is InChI=1S/C18H16F2N2O4S/c19-11-5-6-13(12(20)9-11)21-16(23)10-26-18(25)14-3-1-7-22(14)17(24)15-4-2-8-27-15/h2,4-6,8-9,14H,1,3,7,10H2,(H,21,23)/t14-/m0/s1. The number of rotatable bonds is 5. The lowest BCUT2D eigenvalue weighted by atomic mass is 10.2. The molecule has 2 heterocycles. The number of nitrogens with one attached hydrogen (secondary N) is 1. The van der Waals surface area contributed by atoms with E-state index in [0.29, 0.717) is 30.3 Å². The van der Waals surface area contributed by atoms with Crippen LogP contribution in [0.5, 0.6) is 0 Å². The highest BCUT2D eigenvalue weighted by Crippen LogP contribution is 2.23. The number of halogens is 2. The first-order valence-corrected chi connectivity index (χ1v) is 9.09. The number of likely N-dealkylation sites (tertiary alicyclic amines) is 1. The maximum absolute atomic E-state index is 13.5. The Hall–Kier alpha value is -2.81. The highest BCUT2D eigenvalue weighted by atomic mass is 32.1. The summed E-state index contributed by atoms with van der Waals surface area (Å²) >= 11 is 1.28. The lowest BCUT2D eigenvalue weighted by molar-refractivity contribution is -0.151. The maximum Gasteiger partial charge on any atom is 0.329 e. The molecule has 2 aromatic rings. The molecular weight excluding hydrogens is 378 g/mol. The minimum Gasteiger partial charge on any atom is -0.454 e. The van der Waals surface area contributed by atoms with Gasteiger partial charge < -0.3 is 15.0 Å². The molecule has 142 valence electrons. The first-order chi connectivity index (χ1) is 13.0. The Bertz CT molecular complexity index is 857. The number of nitrogens with zero attached hydrogens (tertiary/aromatic N) is 1. The average Bonchev–Trinajstić information content (AvgIpc) is 3.33. The summed E-state index contributed by atoms with van der Waals surface area (Å²) in [6.07, 6.45) is 1.11. The summed E-state index contributed by atoms with van der Waals surface area (Å²) in [4.78, 5) is 38.5. The third-order valence-electron chi connectivity index (χ3n) is 4.07.